The lowest BCUT2D eigenvalue weighted by atomic mass is 9.98. The van der Waals surface area contributed by atoms with Crippen LogP contribution < -0.4 is 4.57 Å². The number of allylic oxidation sites excluding steroid dienone is 1. The molecule has 0 atom stereocenters. The summed E-state index contributed by atoms with van der Waals surface area (Å²) in [5, 5.41) is 2.74. The van der Waals surface area contributed by atoms with Crippen LogP contribution in [0.3, 0.4) is 0 Å². The third-order valence-electron chi connectivity index (χ3n) is 5.72. The number of hydrogen-bond donors (Lipinski definition) is 1. The molecule has 0 bridgehead atoms. The highest BCUT2D eigenvalue weighted by atomic mass is 32.1. The maximum atomic E-state index is 3.99. The minimum absolute atomic E-state index is 0.854. The Balaban J connectivity index is 1.89. The molecule has 2 heterocycles. The zero-order valence-electron chi connectivity index (χ0n) is 16.5. The summed E-state index contributed by atoms with van der Waals surface area (Å²) in [6.07, 6.45) is 2.85. The van der Waals surface area contributed by atoms with E-state index in [1.807, 2.05) is 17.4 Å². The molecule has 5 aromatic rings. The van der Waals surface area contributed by atoms with E-state index in [0.717, 1.165) is 17.8 Å². The van der Waals surface area contributed by atoms with Gasteiger partial charge in [-0.05, 0) is 61.2 Å². The van der Waals surface area contributed by atoms with Crippen LogP contribution in [0.15, 0.2) is 61.2 Å². The topological polar surface area (TPSA) is 19.7 Å². The summed E-state index contributed by atoms with van der Waals surface area (Å²) < 4.78 is 5.01. The maximum absolute atomic E-state index is 3.99. The Hall–Kier alpha value is -2.91. The van der Waals surface area contributed by atoms with Gasteiger partial charge in [-0.25, -0.2) is 9.55 Å². The Labute approximate surface area is 168 Å². The number of thiophene rings is 1. The number of para-hydroxylation sites is 2. The van der Waals surface area contributed by atoms with Crippen molar-refractivity contribution >= 4 is 42.5 Å². The molecule has 138 valence electrons. The molecule has 0 unspecified atom stereocenters. The van der Waals surface area contributed by atoms with E-state index < -0.39 is 0 Å². The van der Waals surface area contributed by atoms with Gasteiger partial charge < -0.3 is 0 Å². The number of fused-ring (bicyclic) bond motifs is 4. The summed E-state index contributed by atoms with van der Waals surface area (Å²) in [5.74, 6) is 1.14. The number of aryl methyl sites for hydroxylation is 3. The number of aromatic amines is 1. The number of nitrogens with zero attached hydrogens (tertiary/aromatic N) is 1. The fourth-order valence-electron chi connectivity index (χ4n) is 4.26. The highest BCUT2D eigenvalue weighted by molar-refractivity contribution is 7.26. The number of aromatic nitrogens is 2. The molecule has 0 aliphatic heterocycles. The summed E-state index contributed by atoms with van der Waals surface area (Å²) in [5.41, 5.74) is 7.63. The molecule has 0 saturated heterocycles. The van der Waals surface area contributed by atoms with E-state index >= 15 is 0 Å². The largest absolute Gasteiger partial charge is 0.287 e. The van der Waals surface area contributed by atoms with Crippen molar-refractivity contribution in [2.45, 2.75) is 20.3 Å². The molecule has 28 heavy (non-hydrogen) atoms. The quantitative estimate of drug-likeness (QED) is 0.276. The van der Waals surface area contributed by atoms with Crippen molar-refractivity contribution in [2.75, 3.05) is 0 Å². The van der Waals surface area contributed by atoms with Crippen LogP contribution in [0.25, 0.3) is 42.6 Å². The summed E-state index contributed by atoms with van der Waals surface area (Å²) in [4.78, 5) is 3.64. The van der Waals surface area contributed by atoms with Crippen molar-refractivity contribution in [1.29, 1.82) is 0 Å². The van der Waals surface area contributed by atoms with Crippen molar-refractivity contribution < 1.29 is 4.57 Å². The summed E-state index contributed by atoms with van der Waals surface area (Å²) >= 11 is 1.90. The highest BCUT2D eigenvalue weighted by Crippen LogP contribution is 2.40. The molecule has 2 nitrogen and oxygen atoms in total. The lowest BCUT2D eigenvalue weighted by Gasteiger charge is -2.06. The van der Waals surface area contributed by atoms with Crippen LogP contribution in [0.4, 0.5) is 0 Å². The fourth-order valence-corrected chi connectivity index (χ4v) is 5.55. The molecule has 0 radical (unpaired) electrons. The molecule has 3 heteroatoms. The molecule has 3 aromatic carbocycles. The van der Waals surface area contributed by atoms with Crippen molar-refractivity contribution in [3.63, 3.8) is 0 Å². The van der Waals surface area contributed by atoms with Crippen molar-refractivity contribution in [2.24, 2.45) is 7.05 Å². The van der Waals surface area contributed by atoms with Gasteiger partial charge in [0.2, 0.25) is 0 Å². The first-order chi connectivity index (χ1) is 13.6. The van der Waals surface area contributed by atoms with E-state index in [9.17, 15) is 0 Å². The second kappa shape index (κ2) is 6.32. The molecule has 0 aliphatic carbocycles. The molecule has 2 aromatic heterocycles. The van der Waals surface area contributed by atoms with E-state index in [1.165, 1.54) is 47.9 Å². The van der Waals surface area contributed by atoms with Crippen molar-refractivity contribution in [3.05, 3.63) is 77.9 Å². The molecule has 0 saturated carbocycles. The predicted molar refractivity (Wildman–Crippen MR) is 121 cm³/mol. The number of nitrogens with one attached hydrogen (secondary N) is 1. The number of rotatable bonds is 3. The zero-order chi connectivity index (χ0) is 19.4. The van der Waals surface area contributed by atoms with Gasteiger partial charge in [-0.2, -0.15) is 0 Å². The minimum atomic E-state index is 0.854. The van der Waals surface area contributed by atoms with E-state index in [-0.39, 0.29) is 0 Å². The first-order valence-electron chi connectivity index (χ1n) is 9.62. The number of hydrogen-bond acceptors (Lipinski definition) is 1. The molecular weight excluding hydrogens is 360 g/mol. The van der Waals surface area contributed by atoms with E-state index in [0.29, 0.717) is 0 Å². The first kappa shape index (κ1) is 17.2. The SMILES string of the molecule is C=CCc1cc2sc3c(C)ccc(C)c3c2cc1-c1[nH]c2ccccc2[n+]1C. The molecule has 0 fully saturated rings. The number of imidazole rings is 1. The van der Waals surface area contributed by atoms with Gasteiger partial charge in [-0.15, -0.1) is 17.9 Å². The number of benzene rings is 3. The van der Waals surface area contributed by atoms with E-state index in [1.54, 1.807) is 0 Å². The van der Waals surface area contributed by atoms with Crippen molar-refractivity contribution in [3.8, 4) is 11.4 Å². The lowest BCUT2D eigenvalue weighted by molar-refractivity contribution is -0.633. The Morgan fingerprint density at radius 2 is 1.86 bits per heavy atom. The fraction of sp³-hybridized carbons (Fsp3) is 0.160. The van der Waals surface area contributed by atoms with Crippen LogP contribution in [0, 0.1) is 13.8 Å². The summed E-state index contributed by atoms with van der Waals surface area (Å²) in [6, 6.07) is 17.7. The Morgan fingerprint density at radius 3 is 2.64 bits per heavy atom. The van der Waals surface area contributed by atoms with E-state index in [2.05, 4.69) is 85.6 Å². The second-order valence-electron chi connectivity index (χ2n) is 7.55. The van der Waals surface area contributed by atoms with Gasteiger partial charge in [0.05, 0.1) is 12.6 Å². The molecule has 0 spiro atoms. The van der Waals surface area contributed by atoms with Crippen LogP contribution in [0.2, 0.25) is 0 Å². The van der Waals surface area contributed by atoms with Crippen LogP contribution in [0.1, 0.15) is 16.7 Å². The lowest BCUT2D eigenvalue weighted by Crippen LogP contribution is -2.29. The van der Waals surface area contributed by atoms with Crippen LogP contribution in [0.5, 0.6) is 0 Å². The maximum Gasteiger partial charge on any atom is 0.287 e. The van der Waals surface area contributed by atoms with Gasteiger partial charge in [-0.1, -0.05) is 30.3 Å². The summed E-state index contributed by atoms with van der Waals surface area (Å²) in [7, 11) is 2.14. The summed E-state index contributed by atoms with van der Waals surface area (Å²) in [6.45, 7) is 8.42. The highest BCUT2D eigenvalue weighted by Gasteiger charge is 2.21. The standard InChI is InChI=1S/C25H22N2S/c1-5-8-17-13-22-19(23-15(2)11-12-16(3)24(23)28-22)14-18(17)25-26-20-9-6-7-10-21(20)27(25)4/h5-7,9-14H,1,8H2,2-4H3/p+1. The minimum Gasteiger partial charge on any atom is -0.236 e. The monoisotopic (exact) mass is 383 g/mol. The third kappa shape index (κ3) is 2.43. The molecule has 0 amide bonds. The van der Waals surface area contributed by atoms with Gasteiger partial charge in [-0.3, -0.25) is 0 Å². The van der Waals surface area contributed by atoms with Crippen LogP contribution in [-0.4, -0.2) is 4.98 Å². The smallest absolute Gasteiger partial charge is 0.236 e. The Bertz CT molecular complexity index is 1380. The van der Waals surface area contributed by atoms with Gasteiger partial charge >= 0.3 is 0 Å². The molecule has 1 N–H and O–H groups in total. The second-order valence-corrected chi connectivity index (χ2v) is 8.61. The van der Waals surface area contributed by atoms with Crippen LogP contribution in [-0.2, 0) is 13.5 Å². The van der Waals surface area contributed by atoms with E-state index in [4.69, 9.17) is 0 Å². The predicted octanol–water partition coefficient (Wildman–Crippen LogP) is 6.37. The normalized spacial score (nSPS) is 11.7. The van der Waals surface area contributed by atoms with Gasteiger partial charge in [0.25, 0.3) is 5.82 Å². The van der Waals surface area contributed by atoms with Crippen LogP contribution >= 0.6 is 11.3 Å². The third-order valence-corrected chi connectivity index (χ3v) is 7.01. The average molecular weight is 384 g/mol. The van der Waals surface area contributed by atoms with Crippen molar-refractivity contribution in [1.82, 2.24) is 4.98 Å². The number of H-pyrrole nitrogens is 1. The Kier molecular flexibility index (Phi) is 3.88. The van der Waals surface area contributed by atoms with Gasteiger partial charge in [0, 0.05) is 20.2 Å². The molecule has 0 aliphatic rings. The zero-order valence-corrected chi connectivity index (χ0v) is 17.3. The molecular formula is C25H23N2S+. The van der Waals surface area contributed by atoms with Gasteiger partial charge in [0.15, 0.2) is 11.0 Å². The first-order valence-corrected chi connectivity index (χ1v) is 10.4. The average Bonchev–Trinajstić information content (AvgIpc) is 3.23. The Morgan fingerprint density at radius 1 is 1.07 bits per heavy atom. The van der Waals surface area contributed by atoms with Gasteiger partial charge in [0.1, 0.15) is 0 Å². The molecule has 5 rings (SSSR count).